The number of ketones is 1. The molecule has 1 atom stereocenters. The molecule has 0 N–H and O–H groups in total. The highest BCUT2D eigenvalue weighted by atomic mass is 16.1. The summed E-state index contributed by atoms with van der Waals surface area (Å²) < 4.78 is 0. The van der Waals surface area contributed by atoms with Crippen molar-refractivity contribution in [3.05, 3.63) is 0 Å². The zero-order valence-electron chi connectivity index (χ0n) is 10.2. The number of Topliss-reactive ketones (excluding diaryl/α,β-unsaturated/α-hetero) is 1. The van der Waals surface area contributed by atoms with Gasteiger partial charge in [-0.15, -0.1) is 0 Å². The van der Waals surface area contributed by atoms with Crippen LogP contribution in [0, 0.1) is 17.8 Å². The highest BCUT2D eigenvalue weighted by Crippen LogP contribution is 2.37. The maximum Gasteiger partial charge on any atom is 0.140 e. The summed E-state index contributed by atoms with van der Waals surface area (Å²) in [6, 6.07) is 0. The van der Waals surface area contributed by atoms with Gasteiger partial charge in [0, 0.05) is 18.4 Å². The van der Waals surface area contributed by atoms with Crippen molar-refractivity contribution in [2.24, 2.45) is 17.8 Å². The van der Waals surface area contributed by atoms with E-state index in [9.17, 15) is 4.79 Å². The van der Waals surface area contributed by atoms with Crippen molar-refractivity contribution in [2.45, 2.75) is 44.9 Å². The topological polar surface area (TPSA) is 20.3 Å². The Kier molecular flexibility index (Phi) is 3.01. The standard InChI is InChI=1S/C14H23NO/c16-14(12-4-2-1-3-5-12)13-10-15-8-6-11(13)7-9-15/h11-13H,1-10H2. The SMILES string of the molecule is O=C(C1CCCCC1)C1CN2CCC1CC2. The van der Waals surface area contributed by atoms with E-state index in [0.29, 0.717) is 17.6 Å². The number of hydrogen-bond acceptors (Lipinski definition) is 2. The molecule has 1 saturated carbocycles. The summed E-state index contributed by atoms with van der Waals surface area (Å²) in [6.45, 7) is 3.58. The van der Waals surface area contributed by atoms with Crippen LogP contribution >= 0.6 is 0 Å². The molecule has 3 saturated heterocycles. The summed E-state index contributed by atoms with van der Waals surface area (Å²) in [4.78, 5) is 15.0. The molecule has 2 heteroatoms. The third-order valence-electron chi connectivity index (χ3n) is 5.03. The number of piperidine rings is 3. The summed E-state index contributed by atoms with van der Waals surface area (Å²) in [5, 5.41) is 0. The molecule has 0 aromatic heterocycles. The molecule has 3 heterocycles. The van der Waals surface area contributed by atoms with Crippen molar-refractivity contribution in [1.82, 2.24) is 4.90 Å². The van der Waals surface area contributed by atoms with E-state index in [1.165, 1.54) is 58.0 Å². The second kappa shape index (κ2) is 4.48. The van der Waals surface area contributed by atoms with E-state index in [4.69, 9.17) is 0 Å². The summed E-state index contributed by atoms with van der Waals surface area (Å²) in [6.07, 6.45) is 8.86. The number of nitrogens with zero attached hydrogens (tertiary/aromatic N) is 1. The van der Waals surface area contributed by atoms with Crippen molar-refractivity contribution in [2.75, 3.05) is 19.6 Å². The van der Waals surface area contributed by atoms with E-state index in [1.54, 1.807) is 0 Å². The van der Waals surface area contributed by atoms with Crippen molar-refractivity contribution in [3.8, 4) is 0 Å². The van der Waals surface area contributed by atoms with Gasteiger partial charge in [-0.25, -0.2) is 0 Å². The molecular weight excluding hydrogens is 198 g/mol. The smallest absolute Gasteiger partial charge is 0.140 e. The largest absolute Gasteiger partial charge is 0.303 e. The van der Waals surface area contributed by atoms with Gasteiger partial charge in [0.05, 0.1) is 0 Å². The maximum atomic E-state index is 12.5. The first kappa shape index (κ1) is 10.8. The van der Waals surface area contributed by atoms with Gasteiger partial charge in [-0.3, -0.25) is 4.79 Å². The monoisotopic (exact) mass is 221 g/mol. The molecule has 0 spiro atoms. The first-order valence-electron chi connectivity index (χ1n) is 7.10. The second-order valence-corrected chi connectivity index (χ2v) is 5.98. The third-order valence-corrected chi connectivity index (χ3v) is 5.03. The predicted octanol–water partition coefficient (Wildman–Crippen LogP) is 2.48. The maximum absolute atomic E-state index is 12.5. The zero-order valence-corrected chi connectivity index (χ0v) is 10.2. The molecule has 0 amide bonds. The Bertz CT molecular complexity index is 262. The Morgan fingerprint density at radius 1 is 0.938 bits per heavy atom. The Labute approximate surface area is 98.4 Å². The molecule has 0 aromatic carbocycles. The molecule has 0 radical (unpaired) electrons. The normalized spacial score (nSPS) is 39.9. The summed E-state index contributed by atoms with van der Waals surface area (Å²) in [5.41, 5.74) is 0. The molecule has 2 bridgehead atoms. The number of rotatable bonds is 2. The second-order valence-electron chi connectivity index (χ2n) is 5.98. The van der Waals surface area contributed by atoms with E-state index in [-0.39, 0.29) is 0 Å². The van der Waals surface area contributed by atoms with Crippen molar-refractivity contribution in [3.63, 3.8) is 0 Å². The van der Waals surface area contributed by atoms with E-state index in [2.05, 4.69) is 4.90 Å². The molecule has 4 aliphatic rings. The summed E-state index contributed by atoms with van der Waals surface area (Å²) in [7, 11) is 0. The van der Waals surface area contributed by atoms with Crippen LogP contribution in [0.1, 0.15) is 44.9 Å². The first-order chi connectivity index (χ1) is 7.84. The fourth-order valence-corrected chi connectivity index (χ4v) is 3.98. The predicted molar refractivity (Wildman–Crippen MR) is 64.2 cm³/mol. The van der Waals surface area contributed by atoms with Crippen LogP contribution < -0.4 is 0 Å². The Morgan fingerprint density at radius 2 is 1.62 bits per heavy atom. The van der Waals surface area contributed by atoms with Crippen LogP contribution in [0.3, 0.4) is 0 Å². The molecule has 2 nitrogen and oxygen atoms in total. The van der Waals surface area contributed by atoms with Crippen molar-refractivity contribution < 1.29 is 4.79 Å². The number of hydrogen-bond donors (Lipinski definition) is 0. The molecule has 4 rings (SSSR count). The fourth-order valence-electron chi connectivity index (χ4n) is 3.98. The van der Waals surface area contributed by atoms with E-state index in [0.717, 1.165) is 12.5 Å². The van der Waals surface area contributed by atoms with Gasteiger partial charge in [0.1, 0.15) is 5.78 Å². The minimum atomic E-state index is 0.408. The van der Waals surface area contributed by atoms with Crippen molar-refractivity contribution >= 4 is 5.78 Å². The van der Waals surface area contributed by atoms with Gasteiger partial charge in [0.25, 0.3) is 0 Å². The lowest BCUT2D eigenvalue weighted by atomic mass is 9.71. The summed E-state index contributed by atoms with van der Waals surface area (Å²) >= 11 is 0. The van der Waals surface area contributed by atoms with Crippen LogP contribution in [-0.2, 0) is 4.79 Å². The molecule has 0 aromatic rings. The van der Waals surface area contributed by atoms with Gasteiger partial charge in [0.15, 0.2) is 0 Å². The lowest BCUT2D eigenvalue weighted by Gasteiger charge is -2.45. The third kappa shape index (κ3) is 1.92. The molecular formula is C14H23NO. The van der Waals surface area contributed by atoms with Crippen LogP contribution in [0.25, 0.3) is 0 Å². The zero-order chi connectivity index (χ0) is 11.0. The molecule has 1 unspecified atom stereocenters. The molecule has 90 valence electrons. The number of carbonyl (C=O) groups is 1. The Balaban J connectivity index is 1.65. The molecule has 1 aliphatic carbocycles. The fraction of sp³-hybridized carbons (Fsp3) is 0.929. The Hall–Kier alpha value is -0.370. The molecule has 16 heavy (non-hydrogen) atoms. The Morgan fingerprint density at radius 3 is 2.19 bits per heavy atom. The lowest BCUT2D eigenvalue weighted by molar-refractivity contribution is -0.133. The van der Waals surface area contributed by atoms with Crippen LogP contribution in [0.4, 0.5) is 0 Å². The summed E-state index contributed by atoms with van der Waals surface area (Å²) in [5.74, 6) is 2.21. The van der Waals surface area contributed by atoms with Crippen molar-refractivity contribution in [1.29, 1.82) is 0 Å². The van der Waals surface area contributed by atoms with Crippen LogP contribution in [0.15, 0.2) is 0 Å². The number of fused-ring (bicyclic) bond motifs is 3. The van der Waals surface area contributed by atoms with Gasteiger partial charge in [-0.1, -0.05) is 19.3 Å². The molecule has 3 aliphatic heterocycles. The van der Waals surface area contributed by atoms with Crippen LogP contribution in [-0.4, -0.2) is 30.3 Å². The van der Waals surface area contributed by atoms with Crippen LogP contribution in [0.5, 0.6) is 0 Å². The van der Waals surface area contributed by atoms with Gasteiger partial charge < -0.3 is 4.90 Å². The minimum Gasteiger partial charge on any atom is -0.303 e. The minimum absolute atomic E-state index is 0.408. The van der Waals surface area contributed by atoms with Gasteiger partial charge >= 0.3 is 0 Å². The molecule has 4 fully saturated rings. The highest BCUT2D eigenvalue weighted by molar-refractivity contribution is 5.84. The lowest BCUT2D eigenvalue weighted by Crippen LogP contribution is -2.51. The van der Waals surface area contributed by atoms with E-state index < -0.39 is 0 Å². The quantitative estimate of drug-likeness (QED) is 0.714. The van der Waals surface area contributed by atoms with Gasteiger partial charge in [-0.05, 0) is 44.7 Å². The van der Waals surface area contributed by atoms with Gasteiger partial charge in [0.2, 0.25) is 0 Å². The number of carbonyl (C=O) groups excluding carboxylic acids is 1. The highest BCUT2D eigenvalue weighted by Gasteiger charge is 2.40. The van der Waals surface area contributed by atoms with Gasteiger partial charge in [-0.2, -0.15) is 0 Å². The van der Waals surface area contributed by atoms with Crippen LogP contribution in [0.2, 0.25) is 0 Å². The van der Waals surface area contributed by atoms with E-state index in [1.807, 2.05) is 0 Å². The average molecular weight is 221 g/mol. The van der Waals surface area contributed by atoms with E-state index >= 15 is 0 Å². The average Bonchev–Trinajstić information content (AvgIpc) is 2.40. The first-order valence-corrected chi connectivity index (χ1v) is 7.10.